The summed E-state index contributed by atoms with van der Waals surface area (Å²) in [6.07, 6.45) is 0.513. The molecule has 1 aromatic heterocycles. The number of amides is 1. The van der Waals surface area contributed by atoms with Crippen molar-refractivity contribution in [2.24, 2.45) is 0 Å². The molecule has 7 nitrogen and oxygen atoms in total. The number of nitrogens with one attached hydrogen (secondary N) is 1. The van der Waals surface area contributed by atoms with Crippen molar-refractivity contribution >= 4 is 41.0 Å². The first-order chi connectivity index (χ1) is 12.9. The Labute approximate surface area is 165 Å². The maximum absolute atomic E-state index is 12.1. The van der Waals surface area contributed by atoms with Gasteiger partial charge in [0.15, 0.2) is 0 Å². The summed E-state index contributed by atoms with van der Waals surface area (Å²) in [6, 6.07) is 6.70. The fourth-order valence-corrected chi connectivity index (χ4v) is 2.75. The van der Waals surface area contributed by atoms with E-state index >= 15 is 0 Å². The van der Waals surface area contributed by atoms with Crippen LogP contribution >= 0.6 is 23.2 Å². The van der Waals surface area contributed by atoms with Crippen LogP contribution in [-0.4, -0.2) is 25.6 Å². The molecule has 27 heavy (non-hydrogen) atoms. The van der Waals surface area contributed by atoms with Crippen LogP contribution in [0, 0.1) is 18.3 Å². The number of ether oxygens (including phenoxy) is 2. The van der Waals surface area contributed by atoms with Gasteiger partial charge in [0.25, 0.3) is 0 Å². The fraction of sp³-hybridized carbons (Fsp3) is 0.278. The van der Waals surface area contributed by atoms with Gasteiger partial charge in [-0.25, -0.2) is 4.79 Å². The minimum atomic E-state index is -0.707. The number of aryl methyl sites for hydroxylation is 1. The van der Waals surface area contributed by atoms with Crippen molar-refractivity contribution in [3.63, 3.8) is 0 Å². The summed E-state index contributed by atoms with van der Waals surface area (Å²) in [5.41, 5.74) is -0.0760. The van der Waals surface area contributed by atoms with Crippen LogP contribution in [0.3, 0.4) is 0 Å². The number of esters is 1. The van der Waals surface area contributed by atoms with Crippen molar-refractivity contribution in [2.75, 3.05) is 19.0 Å². The molecule has 1 N–H and O–H groups in total. The number of benzene rings is 1. The number of carbonyl (C=O) groups is 2. The molecule has 0 unspecified atom stereocenters. The Kier molecular flexibility index (Phi) is 7.11. The fourth-order valence-electron chi connectivity index (χ4n) is 2.28. The number of halogens is 2. The minimum absolute atomic E-state index is 0.00369. The molecule has 0 aliphatic carbocycles. The zero-order valence-electron chi connectivity index (χ0n) is 14.6. The third-order valence-corrected chi connectivity index (χ3v) is 4.07. The van der Waals surface area contributed by atoms with Gasteiger partial charge in [-0.05, 0) is 31.5 Å². The predicted molar refractivity (Wildman–Crippen MR) is 99.3 cm³/mol. The normalized spacial score (nSPS) is 10.2. The van der Waals surface area contributed by atoms with E-state index in [1.165, 1.54) is 14.0 Å². The van der Waals surface area contributed by atoms with E-state index in [1.54, 1.807) is 18.2 Å². The number of rotatable bonds is 7. The van der Waals surface area contributed by atoms with Gasteiger partial charge in [0, 0.05) is 11.4 Å². The maximum Gasteiger partial charge on any atom is 0.342 e. The van der Waals surface area contributed by atoms with Crippen LogP contribution in [0.5, 0.6) is 5.75 Å². The van der Waals surface area contributed by atoms with Gasteiger partial charge in [-0.1, -0.05) is 23.2 Å². The van der Waals surface area contributed by atoms with Crippen LogP contribution in [0.15, 0.2) is 22.6 Å². The summed E-state index contributed by atoms with van der Waals surface area (Å²) in [4.78, 5) is 23.8. The van der Waals surface area contributed by atoms with Crippen LogP contribution in [-0.2, 0) is 9.53 Å². The van der Waals surface area contributed by atoms with E-state index in [9.17, 15) is 14.9 Å². The second-order valence-corrected chi connectivity index (χ2v) is 6.26. The van der Waals surface area contributed by atoms with Crippen molar-refractivity contribution in [1.82, 2.24) is 0 Å². The monoisotopic (exact) mass is 410 g/mol. The van der Waals surface area contributed by atoms with Gasteiger partial charge in [-0.15, -0.1) is 0 Å². The number of hydrogen-bond acceptors (Lipinski definition) is 6. The van der Waals surface area contributed by atoms with Crippen LogP contribution in [0.25, 0.3) is 0 Å². The quantitative estimate of drug-likeness (QED) is 0.537. The number of hydrogen-bond donors (Lipinski definition) is 1. The molecule has 0 atom stereocenters. The van der Waals surface area contributed by atoms with E-state index in [-0.39, 0.29) is 41.7 Å². The average molecular weight is 411 g/mol. The molecule has 142 valence electrons. The van der Waals surface area contributed by atoms with E-state index in [0.717, 1.165) is 0 Å². The first-order valence-corrected chi connectivity index (χ1v) is 8.62. The van der Waals surface area contributed by atoms with Gasteiger partial charge in [0.1, 0.15) is 28.7 Å². The lowest BCUT2D eigenvalue weighted by molar-refractivity contribution is -0.116. The number of nitrogens with zero attached hydrogens (tertiary/aromatic N) is 1. The summed E-state index contributed by atoms with van der Waals surface area (Å²) in [5.74, 6) is -0.516. The van der Waals surface area contributed by atoms with Crippen LogP contribution in [0.4, 0.5) is 5.88 Å². The van der Waals surface area contributed by atoms with Crippen molar-refractivity contribution < 1.29 is 23.5 Å². The molecule has 2 aromatic rings. The third-order valence-electron chi connectivity index (χ3n) is 3.54. The van der Waals surface area contributed by atoms with E-state index in [1.807, 2.05) is 6.07 Å². The molecule has 0 radical (unpaired) electrons. The lowest BCUT2D eigenvalue weighted by Crippen LogP contribution is -2.13. The Morgan fingerprint density at radius 3 is 2.70 bits per heavy atom. The van der Waals surface area contributed by atoms with Gasteiger partial charge in [0.05, 0.1) is 18.7 Å². The van der Waals surface area contributed by atoms with E-state index in [4.69, 9.17) is 32.4 Å². The summed E-state index contributed by atoms with van der Waals surface area (Å²) < 4.78 is 15.4. The van der Waals surface area contributed by atoms with Crippen molar-refractivity contribution in [1.29, 1.82) is 5.26 Å². The molecule has 0 saturated heterocycles. The molecule has 1 heterocycles. The van der Waals surface area contributed by atoms with E-state index in [2.05, 4.69) is 10.1 Å². The number of methoxy groups -OCH3 is 1. The third kappa shape index (κ3) is 5.16. The Morgan fingerprint density at radius 2 is 2.07 bits per heavy atom. The maximum atomic E-state index is 12.1. The molecule has 0 spiro atoms. The number of nitriles is 1. The van der Waals surface area contributed by atoms with Gasteiger partial charge in [-0.2, -0.15) is 5.26 Å². The molecule has 1 amide bonds. The molecule has 1 aromatic carbocycles. The smallest absolute Gasteiger partial charge is 0.342 e. The largest absolute Gasteiger partial charge is 0.492 e. The molecular weight excluding hydrogens is 395 g/mol. The summed E-state index contributed by atoms with van der Waals surface area (Å²) in [5, 5.41) is 12.6. The Bertz CT molecular complexity index is 902. The number of furan rings is 1. The average Bonchev–Trinajstić information content (AvgIpc) is 2.94. The van der Waals surface area contributed by atoms with Gasteiger partial charge >= 0.3 is 5.97 Å². The van der Waals surface area contributed by atoms with Gasteiger partial charge in [0.2, 0.25) is 11.8 Å². The Balaban J connectivity index is 1.91. The van der Waals surface area contributed by atoms with E-state index < -0.39 is 5.97 Å². The molecular formula is C18H16Cl2N2O5. The number of anilines is 1. The van der Waals surface area contributed by atoms with Gasteiger partial charge < -0.3 is 13.9 Å². The Morgan fingerprint density at radius 1 is 1.33 bits per heavy atom. The standard InChI is InChI=1S/C18H16Cl2N2O5/c1-10-16(18(24)25-2)12(9-21)17(27-10)22-15(23)4-3-7-26-14-6-5-11(19)8-13(14)20/h5-6,8H,3-4,7H2,1-2H3,(H,22,23). The van der Waals surface area contributed by atoms with Crippen molar-refractivity contribution in [3.8, 4) is 11.8 Å². The SMILES string of the molecule is COC(=O)c1c(C)oc(NC(=O)CCCOc2ccc(Cl)cc2Cl)c1C#N. The first-order valence-electron chi connectivity index (χ1n) is 7.86. The Hall–Kier alpha value is -2.69. The predicted octanol–water partition coefficient (Wildman–Crippen LogP) is 4.35. The summed E-state index contributed by atoms with van der Waals surface area (Å²) in [7, 11) is 1.20. The van der Waals surface area contributed by atoms with Crippen molar-refractivity contribution in [2.45, 2.75) is 19.8 Å². The molecule has 9 heteroatoms. The highest BCUT2D eigenvalue weighted by Crippen LogP contribution is 2.28. The van der Waals surface area contributed by atoms with Crippen molar-refractivity contribution in [3.05, 3.63) is 45.1 Å². The zero-order chi connectivity index (χ0) is 20.0. The lowest BCUT2D eigenvalue weighted by atomic mass is 10.1. The second-order valence-electron chi connectivity index (χ2n) is 5.42. The molecule has 0 aliphatic heterocycles. The minimum Gasteiger partial charge on any atom is -0.492 e. The second kappa shape index (κ2) is 9.31. The number of carbonyl (C=O) groups excluding carboxylic acids is 2. The summed E-state index contributed by atoms with van der Waals surface area (Å²) in [6.45, 7) is 1.76. The first kappa shape index (κ1) is 20.6. The van der Waals surface area contributed by atoms with E-state index in [0.29, 0.717) is 22.2 Å². The van der Waals surface area contributed by atoms with Gasteiger partial charge in [-0.3, -0.25) is 10.1 Å². The molecule has 0 saturated carbocycles. The molecule has 0 bridgehead atoms. The van der Waals surface area contributed by atoms with Crippen LogP contribution < -0.4 is 10.1 Å². The highest BCUT2D eigenvalue weighted by molar-refractivity contribution is 6.35. The topological polar surface area (TPSA) is 102 Å². The van der Waals surface area contributed by atoms with Crippen LogP contribution in [0.1, 0.15) is 34.5 Å². The highest BCUT2D eigenvalue weighted by atomic mass is 35.5. The molecule has 2 rings (SSSR count). The highest BCUT2D eigenvalue weighted by Gasteiger charge is 2.25. The van der Waals surface area contributed by atoms with Crippen LogP contribution in [0.2, 0.25) is 10.0 Å². The lowest BCUT2D eigenvalue weighted by Gasteiger charge is -2.08. The molecule has 0 fully saturated rings. The summed E-state index contributed by atoms with van der Waals surface area (Å²) >= 11 is 11.8. The molecule has 0 aliphatic rings. The zero-order valence-corrected chi connectivity index (χ0v) is 16.1.